The lowest BCUT2D eigenvalue weighted by Crippen LogP contribution is -2.40. The number of rotatable bonds is 5. The highest BCUT2D eigenvalue weighted by Gasteiger charge is 2.21. The van der Waals surface area contributed by atoms with E-state index in [2.05, 4.69) is 37.0 Å². The number of H-pyrrole nitrogens is 1. The zero-order chi connectivity index (χ0) is 20.7. The Bertz CT molecular complexity index is 1230. The standard InChI is InChI=1S/C21H24N8O/c1-22-20-17-18(29(2)11-25-17)13-9-16(27-19(13)28-20)14-6-3-5-12(26-14)10-24-21(30)15-7-4-8-23-15/h3,5-6,9,11,15,23H,4,7-8,10H2,1-2H3,(H,24,30)(H2,22,27,28)/t15-/m0/s1. The second-order valence-corrected chi connectivity index (χ2v) is 7.59. The minimum Gasteiger partial charge on any atom is -0.371 e. The molecule has 4 aromatic heterocycles. The highest BCUT2D eigenvalue weighted by molar-refractivity contribution is 6.07. The van der Waals surface area contributed by atoms with Crippen molar-refractivity contribution in [1.82, 2.24) is 35.1 Å². The predicted molar refractivity (Wildman–Crippen MR) is 116 cm³/mol. The van der Waals surface area contributed by atoms with Gasteiger partial charge in [-0.3, -0.25) is 4.79 Å². The van der Waals surface area contributed by atoms with E-state index < -0.39 is 0 Å². The van der Waals surface area contributed by atoms with E-state index in [0.717, 1.165) is 64.4 Å². The minimum absolute atomic E-state index is 0.0349. The molecule has 0 unspecified atom stereocenters. The number of imidazole rings is 1. The first-order chi connectivity index (χ1) is 14.6. The molecule has 1 atom stereocenters. The number of aromatic nitrogens is 5. The van der Waals surface area contributed by atoms with E-state index in [1.165, 1.54) is 0 Å². The molecule has 1 fully saturated rings. The molecule has 1 amide bonds. The van der Waals surface area contributed by atoms with Crippen molar-refractivity contribution in [2.45, 2.75) is 25.4 Å². The number of anilines is 1. The predicted octanol–water partition coefficient (Wildman–Crippen LogP) is 1.92. The van der Waals surface area contributed by atoms with E-state index in [1.54, 1.807) is 6.33 Å². The van der Waals surface area contributed by atoms with Crippen LogP contribution in [-0.2, 0) is 18.4 Å². The molecule has 0 saturated carbocycles. The molecule has 5 heterocycles. The summed E-state index contributed by atoms with van der Waals surface area (Å²) in [5.74, 6) is 0.768. The van der Waals surface area contributed by atoms with Gasteiger partial charge in [0.15, 0.2) is 5.82 Å². The van der Waals surface area contributed by atoms with Gasteiger partial charge in [-0.15, -0.1) is 0 Å². The number of fused-ring (bicyclic) bond motifs is 3. The van der Waals surface area contributed by atoms with Crippen molar-refractivity contribution >= 4 is 33.8 Å². The van der Waals surface area contributed by atoms with Crippen LogP contribution < -0.4 is 16.0 Å². The summed E-state index contributed by atoms with van der Waals surface area (Å²) in [5.41, 5.74) is 5.12. The van der Waals surface area contributed by atoms with E-state index in [4.69, 9.17) is 4.98 Å². The van der Waals surface area contributed by atoms with Crippen LogP contribution in [0, 0.1) is 0 Å². The maximum Gasteiger partial charge on any atom is 0.237 e. The second-order valence-electron chi connectivity index (χ2n) is 7.59. The zero-order valence-electron chi connectivity index (χ0n) is 17.0. The average Bonchev–Trinajstić information content (AvgIpc) is 3.51. The molecule has 4 aromatic rings. The number of nitrogens with one attached hydrogen (secondary N) is 4. The third-order valence-corrected chi connectivity index (χ3v) is 5.58. The van der Waals surface area contributed by atoms with Crippen molar-refractivity contribution in [1.29, 1.82) is 0 Å². The number of carbonyl (C=O) groups excluding carboxylic acids is 1. The monoisotopic (exact) mass is 404 g/mol. The number of nitrogens with zero attached hydrogens (tertiary/aromatic N) is 4. The van der Waals surface area contributed by atoms with Crippen LogP contribution in [-0.4, -0.2) is 50.0 Å². The minimum atomic E-state index is -0.0874. The summed E-state index contributed by atoms with van der Waals surface area (Å²) in [6.45, 7) is 1.30. The Labute approximate surface area is 173 Å². The van der Waals surface area contributed by atoms with Gasteiger partial charge in [0.1, 0.15) is 11.2 Å². The smallest absolute Gasteiger partial charge is 0.237 e. The van der Waals surface area contributed by atoms with Gasteiger partial charge in [0.2, 0.25) is 5.91 Å². The van der Waals surface area contributed by atoms with Crippen LogP contribution in [0.2, 0.25) is 0 Å². The zero-order valence-corrected chi connectivity index (χ0v) is 17.0. The summed E-state index contributed by atoms with van der Waals surface area (Å²) in [7, 11) is 3.81. The average molecular weight is 404 g/mol. The number of hydrogen-bond acceptors (Lipinski definition) is 6. The van der Waals surface area contributed by atoms with Crippen LogP contribution in [0.1, 0.15) is 18.5 Å². The topological polar surface area (TPSA) is 113 Å². The molecule has 1 aliphatic heterocycles. The van der Waals surface area contributed by atoms with Crippen LogP contribution >= 0.6 is 0 Å². The molecule has 9 nitrogen and oxygen atoms in total. The molecule has 5 rings (SSSR count). The maximum atomic E-state index is 12.3. The molecule has 1 aliphatic rings. The van der Waals surface area contributed by atoms with Gasteiger partial charge in [-0.25, -0.2) is 15.0 Å². The molecule has 0 spiro atoms. The number of amides is 1. The summed E-state index contributed by atoms with van der Waals surface area (Å²) in [6, 6.07) is 7.79. The van der Waals surface area contributed by atoms with E-state index in [9.17, 15) is 4.79 Å². The number of pyridine rings is 2. The molecule has 30 heavy (non-hydrogen) atoms. The van der Waals surface area contributed by atoms with E-state index in [-0.39, 0.29) is 11.9 Å². The second kappa shape index (κ2) is 7.42. The fourth-order valence-electron chi connectivity index (χ4n) is 4.05. The largest absolute Gasteiger partial charge is 0.371 e. The van der Waals surface area contributed by atoms with Crippen molar-refractivity contribution in [3.8, 4) is 11.4 Å². The van der Waals surface area contributed by atoms with Crippen molar-refractivity contribution in [3.05, 3.63) is 36.3 Å². The molecule has 0 aliphatic carbocycles. The Balaban J connectivity index is 1.45. The van der Waals surface area contributed by atoms with Crippen LogP contribution in [0.4, 0.5) is 5.82 Å². The first kappa shape index (κ1) is 18.6. The van der Waals surface area contributed by atoms with Crippen LogP contribution in [0.3, 0.4) is 0 Å². The molecule has 4 N–H and O–H groups in total. The fourth-order valence-corrected chi connectivity index (χ4v) is 4.05. The van der Waals surface area contributed by atoms with Crippen molar-refractivity contribution in [3.63, 3.8) is 0 Å². The quantitative estimate of drug-likeness (QED) is 0.404. The highest BCUT2D eigenvalue weighted by atomic mass is 16.2. The van der Waals surface area contributed by atoms with Gasteiger partial charge in [0, 0.05) is 19.5 Å². The first-order valence-corrected chi connectivity index (χ1v) is 10.1. The summed E-state index contributed by atoms with van der Waals surface area (Å²) in [5, 5.41) is 10.3. The number of carbonyl (C=O) groups is 1. The van der Waals surface area contributed by atoms with Crippen LogP contribution in [0.15, 0.2) is 30.6 Å². The lowest BCUT2D eigenvalue weighted by molar-refractivity contribution is -0.122. The van der Waals surface area contributed by atoms with Gasteiger partial charge in [-0.1, -0.05) is 6.07 Å². The van der Waals surface area contributed by atoms with Crippen molar-refractivity contribution in [2.75, 3.05) is 18.9 Å². The molecular weight excluding hydrogens is 380 g/mol. The molecule has 0 radical (unpaired) electrons. The fraction of sp³-hybridized carbons (Fsp3) is 0.333. The Morgan fingerprint density at radius 1 is 1.33 bits per heavy atom. The van der Waals surface area contributed by atoms with Crippen LogP contribution in [0.25, 0.3) is 33.5 Å². The molecule has 0 aromatic carbocycles. The van der Waals surface area contributed by atoms with Gasteiger partial charge in [-0.2, -0.15) is 0 Å². The molecular formula is C21H24N8O. The van der Waals surface area contributed by atoms with E-state index in [1.807, 2.05) is 36.9 Å². The number of aryl methyl sites for hydroxylation is 1. The summed E-state index contributed by atoms with van der Waals surface area (Å²) >= 11 is 0. The third kappa shape index (κ3) is 3.17. The third-order valence-electron chi connectivity index (χ3n) is 5.58. The summed E-state index contributed by atoms with van der Waals surface area (Å²) < 4.78 is 1.99. The number of hydrogen-bond donors (Lipinski definition) is 4. The lowest BCUT2D eigenvalue weighted by Gasteiger charge is -2.11. The summed E-state index contributed by atoms with van der Waals surface area (Å²) in [6.07, 6.45) is 3.72. The number of aromatic amines is 1. The van der Waals surface area contributed by atoms with E-state index >= 15 is 0 Å². The van der Waals surface area contributed by atoms with Gasteiger partial charge < -0.3 is 25.5 Å². The normalized spacial score (nSPS) is 16.4. The SMILES string of the molecule is CNc1nc2[nH]c(-c3cccc(CNC(=O)[C@@H]4CCCN4)n3)cc2c2c1ncn2C. The van der Waals surface area contributed by atoms with Crippen LogP contribution in [0.5, 0.6) is 0 Å². The summed E-state index contributed by atoms with van der Waals surface area (Å²) in [4.78, 5) is 29.5. The lowest BCUT2D eigenvalue weighted by atomic mass is 10.2. The van der Waals surface area contributed by atoms with Crippen molar-refractivity contribution in [2.24, 2.45) is 7.05 Å². The van der Waals surface area contributed by atoms with E-state index in [0.29, 0.717) is 6.54 Å². The molecule has 154 valence electrons. The maximum absolute atomic E-state index is 12.3. The molecule has 0 bridgehead atoms. The Hall–Kier alpha value is -3.46. The Kier molecular flexibility index (Phi) is 4.59. The van der Waals surface area contributed by atoms with Gasteiger partial charge in [-0.05, 0) is 37.6 Å². The van der Waals surface area contributed by atoms with Gasteiger partial charge in [0.05, 0.1) is 41.5 Å². The molecule has 1 saturated heterocycles. The van der Waals surface area contributed by atoms with Gasteiger partial charge >= 0.3 is 0 Å². The highest BCUT2D eigenvalue weighted by Crippen LogP contribution is 2.31. The first-order valence-electron chi connectivity index (χ1n) is 10.1. The van der Waals surface area contributed by atoms with Gasteiger partial charge in [0.25, 0.3) is 0 Å². The Morgan fingerprint density at radius 2 is 2.23 bits per heavy atom. The van der Waals surface area contributed by atoms with Crippen molar-refractivity contribution < 1.29 is 4.79 Å². The Morgan fingerprint density at radius 3 is 3.03 bits per heavy atom. The molecule has 9 heteroatoms.